The van der Waals surface area contributed by atoms with Gasteiger partial charge in [-0.15, -0.1) is 0 Å². The van der Waals surface area contributed by atoms with E-state index in [0.717, 1.165) is 31.1 Å². The summed E-state index contributed by atoms with van der Waals surface area (Å²) in [7, 11) is 0. The minimum absolute atomic E-state index is 0.466. The molecule has 1 N–H and O–H groups in total. The van der Waals surface area contributed by atoms with Crippen LogP contribution in [0.3, 0.4) is 0 Å². The Hall–Kier alpha value is -0.870. The highest BCUT2D eigenvalue weighted by atomic mass is 16.5. The molecule has 0 aliphatic heterocycles. The average molecular weight is 267 g/mol. The summed E-state index contributed by atoms with van der Waals surface area (Å²) < 4.78 is 5.43. The third kappa shape index (κ3) is 6.21. The molecular formula is C15H29N3O. The summed E-state index contributed by atoms with van der Waals surface area (Å²) in [6.07, 6.45) is 0. The monoisotopic (exact) mass is 267 g/mol. The summed E-state index contributed by atoms with van der Waals surface area (Å²) in [5.74, 6) is 1.61. The number of hydrogen-bond acceptors (Lipinski definition) is 4. The van der Waals surface area contributed by atoms with E-state index >= 15 is 0 Å². The zero-order chi connectivity index (χ0) is 14.4. The molecule has 0 fully saturated rings. The summed E-state index contributed by atoms with van der Waals surface area (Å²) in [4.78, 5) is 2.42. The number of hydrogen-bond donors (Lipinski definition) is 1. The van der Waals surface area contributed by atoms with Crippen molar-refractivity contribution in [1.29, 1.82) is 0 Å². The first kappa shape index (κ1) is 16.2. The number of rotatable bonds is 8. The minimum Gasteiger partial charge on any atom is -0.360 e. The van der Waals surface area contributed by atoms with Gasteiger partial charge in [0.15, 0.2) is 5.76 Å². The molecule has 0 bridgehead atoms. The molecule has 0 atom stereocenters. The van der Waals surface area contributed by atoms with Gasteiger partial charge in [0.1, 0.15) is 0 Å². The first-order valence-corrected chi connectivity index (χ1v) is 7.30. The molecule has 0 amide bonds. The molecule has 0 unspecified atom stereocenters. The van der Waals surface area contributed by atoms with Crippen LogP contribution in [0.5, 0.6) is 0 Å². The van der Waals surface area contributed by atoms with Gasteiger partial charge in [-0.2, -0.15) is 0 Å². The van der Waals surface area contributed by atoms with Crippen molar-refractivity contribution >= 4 is 0 Å². The van der Waals surface area contributed by atoms with Crippen LogP contribution in [0.4, 0.5) is 0 Å². The molecule has 1 rings (SSSR count). The van der Waals surface area contributed by atoms with Gasteiger partial charge in [-0.25, -0.2) is 0 Å². The van der Waals surface area contributed by atoms with Gasteiger partial charge in [0, 0.05) is 31.2 Å². The lowest BCUT2D eigenvalue weighted by atomic mass is 10.1. The third-order valence-electron chi connectivity index (χ3n) is 2.99. The maximum Gasteiger partial charge on any atom is 0.151 e. The van der Waals surface area contributed by atoms with E-state index in [1.807, 2.05) is 0 Å². The quantitative estimate of drug-likeness (QED) is 0.786. The minimum atomic E-state index is 0.466. The Morgan fingerprint density at radius 1 is 1.21 bits per heavy atom. The first-order chi connectivity index (χ1) is 8.88. The standard InChI is InChI=1S/C15H29N3O/c1-11(2)9-18(13(5)6)10-15-7-14(17-19-15)8-16-12(3)4/h7,11-13,16H,8-10H2,1-6H3. The van der Waals surface area contributed by atoms with Crippen molar-refractivity contribution in [2.24, 2.45) is 5.92 Å². The molecule has 0 radical (unpaired) electrons. The molecule has 19 heavy (non-hydrogen) atoms. The fourth-order valence-electron chi connectivity index (χ4n) is 1.95. The van der Waals surface area contributed by atoms with Crippen molar-refractivity contribution in [3.8, 4) is 0 Å². The van der Waals surface area contributed by atoms with Crippen molar-refractivity contribution in [2.75, 3.05) is 6.54 Å². The van der Waals surface area contributed by atoms with Crippen molar-refractivity contribution < 1.29 is 4.52 Å². The predicted octanol–water partition coefficient (Wildman–Crippen LogP) is 3.04. The van der Waals surface area contributed by atoms with E-state index < -0.39 is 0 Å². The van der Waals surface area contributed by atoms with Gasteiger partial charge in [-0.3, -0.25) is 4.90 Å². The molecule has 0 saturated carbocycles. The van der Waals surface area contributed by atoms with E-state index in [-0.39, 0.29) is 0 Å². The fraction of sp³-hybridized carbons (Fsp3) is 0.800. The molecular weight excluding hydrogens is 238 g/mol. The van der Waals surface area contributed by atoms with Gasteiger partial charge in [-0.1, -0.05) is 32.9 Å². The Labute approximate surface area is 117 Å². The number of nitrogens with zero attached hydrogens (tertiary/aromatic N) is 2. The largest absolute Gasteiger partial charge is 0.360 e. The van der Waals surface area contributed by atoms with Crippen LogP contribution in [0, 0.1) is 5.92 Å². The van der Waals surface area contributed by atoms with Crippen molar-refractivity contribution in [3.05, 3.63) is 17.5 Å². The Morgan fingerprint density at radius 2 is 1.89 bits per heavy atom. The molecule has 110 valence electrons. The van der Waals surface area contributed by atoms with Crippen LogP contribution in [0.2, 0.25) is 0 Å². The van der Waals surface area contributed by atoms with Crippen LogP contribution in [0.15, 0.2) is 10.6 Å². The summed E-state index contributed by atoms with van der Waals surface area (Å²) >= 11 is 0. The highest BCUT2D eigenvalue weighted by molar-refractivity contribution is 5.05. The van der Waals surface area contributed by atoms with Crippen LogP contribution >= 0.6 is 0 Å². The third-order valence-corrected chi connectivity index (χ3v) is 2.99. The Bertz CT molecular complexity index is 358. The lowest BCUT2D eigenvalue weighted by molar-refractivity contribution is 0.169. The van der Waals surface area contributed by atoms with Gasteiger partial charge in [0.2, 0.25) is 0 Å². The second-order valence-electron chi connectivity index (χ2n) is 6.24. The van der Waals surface area contributed by atoms with Crippen LogP contribution in [0.25, 0.3) is 0 Å². The highest BCUT2D eigenvalue weighted by Gasteiger charge is 2.14. The van der Waals surface area contributed by atoms with Gasteiger partial charge >= 0.3 is 0 Å². The van der Waals surface area contributed by atoms with Crippen molar-refractivity contribution in [1.82, 2.24) is 15.4 Å². The molecule has 1 aromatic heterocycles. The van der Waals surface area contributed by atoms with Gasteiger partial charge in [-0.05, 0) is 19.8 Å². The normalized spacial score (nSPS) is 12.3. The lowest BCUT2D eigenvalue weighted by Crippen LogP contribution is -2.33. The van der Waals surface area contributed by atoms with E-state index in [1.165, 1.54) is 0 Å². The molecule has 1 heterocycles. The first-order valence-electron chi connectivity index (χ1n) is 7.30. The molecule has 0 aliphatic carbocycles. The fourth-order valence-corrected chi connectivity index (χ4v) is 1.95. The second-order valence-corrected chi connectivity index (χ2v) is 6.24. The maximum absolute atomic E-state index is 5.43. The summed E-state index contributed by atoms with van der Waals surface area (Å²) in [5, 5.41) is 7.46. The van der Waals surface area contributed by atoms with Crippen LogP contribution < -0.4 is 5.32 Å². The highest BCUT2D eigenvalue weighted by Crippen LogP contribution is 2.12. The van der Waals surface area contributed by atoms with Crippen LogP contribution in [-0.4, -0.2) is 28.7 Å². The lowest BCUT2D eigenvalue weighted by Gasteiger charge is -2.26. The van der Waals surface area contributed by atoms with E-state index in [0.29, 0.717) is 18.0 Å². The summed E-state index contributed by atoms with van der Waals surface area (Å²) in [6.45, 7) is 15.9. The van der Waals surface area contributed by atoms with E-state index in [1.54, 1.807) is 0 Å². The maximum atomic E-state index is 5.43. The van der Waals surface area contributed by atoms with Crippen LogP contribution in [-0.2, 0) is 13.1 Å². The van der Waals surface area contributed by atoms with Gasteiger partial charge in [0.25, 0.3) is 0 Å². The van der Waals surface area contributed by atoms with Gasteiger partial charge < -0.3 is 9.84 Å². The Kier molecular flexibility index (Phi) is 6.52. The zero-order valence-corrected chi connectivity index (χ0v) is 13.2. The smallest absolute Gasteiger partial charge is 0.151 e. The molecule has 0 aromatic carbocycles. The topological polar surface area (TPSA) is 41.3 Å². The molecule has 4 heteroatoms. The zero-order valence-electron chi connectivity index (χ0n) is 13.2. The van der Waals surface area contributed by atoms with Gasteiger partial charge in [0.05, 0.1) is 12.2 Å². The van der Waals surface area contributed by atoms with E-state index in [4.69, 9.17) is 4.52 Å². The Balaban J connectivity index is 2.55. The predicted molar refractivity (Wildman–Crippen MR) is 78.9 cm³/mol. The number of nitrogens with one attached hydrogen (secondary N) is 1. The molecule has 0 saturated heterocycles. The average Bonchev–Trinajstić information content (AvgIpc) is 2.72. The van der Waals surface area contributed by atoms with E-state index in [9.17, 15) is 0 Å². The molecule has 0 spiro atoms. The molecule has 4 nitrogen and oxygen atoms in total. The summed E-state index contributed by atoms with van der Waals surface area (Å²) in [5.41, 5.74) is 0.983. The SMILES string of the molecule is CC(C)CN(Cc1cc(CNC(C)C)no1)C(C)C. The van der Waals surface area contributed by atoms with E-state index in [2.05, 4.69) is 63.0 Å². The molecule has 0 aliphatic rings. The Morgan fingerprint density at radius 3 is 2.42 bits per heavy atom. The number of aromatic nitrogens is 1. The van der Waals surface area contributed by atoms with Crippen LogP contribution in [0.1, 0.15) is 53.0 Å². The van der Waals surface area contributed by atoms with Crippen molar-refractivity contribution in [2.45, 2.75) is 66.7 Å². The van der Waals surface area contributed by atoms with Crippen molar-refractivity contribution in [3.63, 3.8) is 0 Å². The second kappa shape index (κ2) is 7.65. The summed E-state index contributed by atoms with van der Waals surface area (Å²) in [6, 6.07) is 3.04. The molecule has 1 aromatic rings.